The molecule has 1 heterocycles. The Morgan fingerprint density at radius 1 is 1.59 bits per heavy atom. The minimum atomic E-state index is -1.14. The first-order chi connectivity index (χ1) is 8.03. The van der Waals surface area contributed by atoms with Gasteiger partial charge in [0.1, 0.15) is 11.7 Å². The molecule has 0 bridgehead atoms. The molecule has 3 atom stereocenters. The lowest BCUT2D eigenvalue weighted by Gasteiger charge is -2.24. The lowest BCUT2D eigenvalue weighted by atomic mass is 10.0. The second kappa shape index (κ2) is 6.67. The average Bonchev–Trinajstić information content (AvgIpc) is 2.28. The topological polar surface area (TPSA) is 38.7 Å². The summed E-state index contributed by atoms with van der Waals surface area (Å²) in [6.45, 7) is 4.19. The Bertz CT molecular complexity index is 324. The number of aliphatic hydroxyl groups is 1. The smallest absolute Gasteiger partial charge is 0.159 e. The zero-order chi connectivity index (χ0) is 12.7. The van der Waals surface area contributed by atoms with Crippen molar-refractivity contribution in [1.29, 1.82) is 0 Å². The molecule has 0 aromatic rings. The van der Waals surface area contributed by atoms with Crippen molar-refractivity contribution in [2.24, 2.45) is 0 Å². The summed E-state index contributed by atoms with van der Waals surface area (Å²) in [5, 5.41) is 9.77. The number of rotatable bonds is 3. The molecule has 0 aromatic carbocycles. The van der Waals surface area contributed by atoms with E-state index in [-0.39, 0.29) is 18.8 Å². The third-order valence-electron chi connectivity index (χ3n) is 2.48. The maximum absolute atomic E-state index is 9.77. The van der Waals surface area contributed by atoms with Gasteiger partial charge in [0.2, 0.25) is 0 Å². The van der Waals surface area contributed by atoms with Gasteiger partial charge in [-0.25, -0.2) is 0 Å². The fraction of sp³-hybridized carbons (Fsp3) is 0.714. The average molecular weight is 236 g/mol. The van der Waals surface area contributed by atoms with Crippen LogP contribution in [0.5, 0.6) is 0 Å². The third-order valence-corrected chi connectivity index (χ3v) is 2.48. The predicted molar refractivity (Wildman–Crippen MR) is 66.0 cm³/mol. The minimum Gasteiger partial charge on any atom is -0.377 e. The first-order valence-corrected chi connectivity index (χ1v) is 5.99. The first kappa shape index (κ1) is 14.1. The van der Waals surface area contributed by atoms with Gasteiger partial charge in [-0.15, -0.1) is 12.3 Å². The summed E-state index contributed by atoms with van der Waals surface area (Å²) in [6.07, 6.45) is 8.06. The zero-order valence-corrected chi connectivity index (χ0v) is 10.5. The number of hydrogen-bond acceptors (Lipinski definition) is 3. The summed E-state index contributed by atoms with van der Waals surface area (Å²) in [5.74, 6) is 7.98. The molecule has 3 heteroatoms. The van der Waals surface area contributed by atoms with Gasteiger partial charge in [-0.05, 0) is 33.1 Å². The monoisotopic (exact) mass is 236 g/mol. The third kappa shape index (κ3) is 5.75. The summed E-state index contributed by atoms with van der Waals surface area (Å²) in [6, 6.07) is 0. The van der Waals surface area contributed by atoms with Crippen molar-refractivity contribution < 1.29 is 14.6 Å². The van der Waals surface area contributed by atoms with E-state index in [4.69, 9.17) is 15.9 Å². The van der Waals surface area contributed by atoms with Crippen molar-refractivity contribution >= 4 is 0 Å². The van der Waals surface area contributed by atoms with Gasteiger partial charge in [-0.1, -0.05) is 11.8 Å². The first-order valence-electron chi connectivity index (χ1n) is 5.99. The Labute approximate surface area is 103 Å². The van der Waals surface area contributed by atoms with E-state index in [9.17, 15) is 5.11 Å². The van der Waals surface area contributed by atoms with E-state index >= 15 is 0 Å². The molecule has 1 fully saturated rings. The van der Waals surface area contributed by atoms with E-state index in [0.29, 0.717) is 0 Å². The number of terminal acetylenes is 1. The molecule has 0 radical (unpaired) electrons. The highest BCUT2D eigenvalue weighted by atomic mass is 16.7. The van der Waals surface area contributed by atoms with E-state index in [0.717, 1.165) is 25.9 Å². The molecular weight excluding hydrogens is 216 g/mol. The lowest BCUT2D eigenvalue weighted by Crippen LogP contribution is -2.26. The molecule has 0 amide bonds. The Balaban J connectivity index is 2.40. The Morgan fingerprint density at radius 2 is 2.35 bits per heavy atom. The summed E-state index contributed by atoms with van der Waals surface area (Å²) in [7, 11) is 0. The van der Waals surface area contributed by atoms with E-state index < -0.39 is 5.60 Å². The van der Waals surface area contributed by atoms with E-state index in [2.05, 4.69) is 17.8 Å². The minimum absolute atomic E-state index is 0.161. The normalized spacial score (nSPS) is 24.9. The predicted octanol–water partition coefficient (Wildman–Crippen LogP) is 1.70. The summed E-state index contributed by atoms with van der Waals surface area (Å²) in [4.78, 5) is 0. The summed E-state index contributed by atoms with van der Waals surface area (Å²) in [5.41, 5.74) is -1.14. The van der Waals surface area contributed by atoms with Crippen LogP contribution in [0.4, 0.5) is 0 Å². The molecule has 3 unspecified atom stereocenters. The van der Waals surface area contributed by atoms with Gasteiger partial charge in [0.05, 0.1) is 0 Å². The van der Waals surface area contributed by atoms with Crippen LogP contribution in [0.15, 0.2) is 0 Å². The molecule has 0 saturated carbocycles. The molecule has 1 rings (SSSR count). The lowest BCUT2D eigenvalue weighted by molar-refractivity contribution is -0.173. The molecule has 17 heavy (non-hydrogen) atoms. The van der Waals surface area contributed by atoms with E-state index in [1.165, 1.54) is 0 Å². The summed E-state index contributed by atoms with van der Waals surface area (Å²) < 4.78 is 11.0. The van der Waals surface area contributed by atoms with Crippen LogP contribution >= 0.6 is 0 Å². The van der Waals surface area contributed by atoms with Crippen LogP contribution in [0.3, 0.4) is 0 Å². The van der Waals surface area contributed by atoms with Crippen LogP contribution < -0.4 is 0 Å². The fourth-order valence-corrected chi connectivity index (χ4v) is 1.58. The van der Waals surface area contributed by atoms with Crippen LogP contribution in [0, 0.1) is 24.2 Å². The van der Waals surface area contributed by atoms with Crippen molar-refractivity contribution in [3.8, 4) is 24.2 Å². The maximum Gasteiger partial charge on any atom is 0.159 e. The largest absolute Gasteiger partial charge is 0.377 e. The summed E-state index contributed by atoms with van der Waals surface area (Å²) >= 11 is 0. The Hall–Kier alpha value is -1.00. The van der Waals surface area contributed by atoms with Crippen molar-refractivity contribution in [3.05, 3.63) is 0 Å². The zero-order valence-electron chi connectivity index (χ0n) is 10.5. The van der Waals surface area contributed by atoms with Crippen molar-refractivity contribution in [2.45, 2.75) is 57.5 Å². The standard InChI is InChI=1S/C14H20O3/c1-4-9-14(3,15)10-8-12(2)17-13-7-5-6-11-16-13/h1,12-13,15H,5-7,9,11H2,2-3H3. The van der Waals surface area contributed by atoms with Crippen molar-refractivity contribution in [2.75, 3.05) is 6.61 Å². The highest BCUT2D eigenvalue weighted by Crippen LogP contribution is 2.15. The van der Waals surface area contributed by atoms with Crippen LogP contribution in [0.1, 0.15) is 39.5 Å². The molecule has 1 saturated heterocycles. The van der Waals surface area contributed by atoms with Gasteiger partial charge in [-0.2, -0.15) is 0 Å². The van der Waals surface area contributed by atoms with Crippen molar-refractivity contribution in [3.63, 3.8) is 0 Å². The quantitative estimate of drug-likeness (QED) is 0.758. The molecule has 0 aliphatic carbocycles. The molecule has 3 nitrogen and oxygen atoms in total. The van der Waals surface area contributed by atoms with Gasteiger partial charge in [0.15, 0.2) is 6.29 Å². The fourth-order valence-electron chi connectivity index (χ4n) is 1.58. The second-order valence-corrected chi connectivity index (χ2v) is 4.50. The van der Waals surface area contributed by atoms with Gasteiger partial charge in [-0.3, -0.25) is 0 Å². The molecule has 94 valence electrons. The second-order valence-electron chi connectivity index (χ2n) is 4.50. The van der Waals surface area contributed by atoms with Gasteiger partial charge < -0.3 is 14.6 Å². The molecular formula is C14H20O3. The Kier molecular flexibility index (Phi) is 5.51. The Morgan fingerprint density at radius 3 is 2.94 bits per heavy atom. The van der Waals surface area contributed by atoms with Crippen LogP contribution in [0.2, 0.25) is 0 Å². The number of hydrogen-bond donors (Lipinski definition) is 1. The van der Waals surface area contributed by atoms with Gasteiger partial charge in [0, 0.05) is 13.0 Å². The van der Waals surface area contributed by atoms with Crippen LogP contribution in [0.25, 0.3) is 0 Å². The molecule has 1 aliphatic heterocycles. The maximum atomic E-state index is 9.77. The number of ether oxygens (including phenoxy) is 2. The van der Waals surface area contributed by atoms with Gasteiger partial charge >= 0.3 is 0 Å². The molecule has 1 aliphatic rings. The highest BCUT2D eigenvalue weighted by Gasteiger charge is 2.18. The van der Waals surface area contributed by atoms with Crippen molar-refractivity contribution in [1.82, 2.24) is 0 Å². The van der Waals surface area contributed by atoms with Gasteiger partial charge in [0.25, 0.3) is 0 Å². The highest BCUT2D eigenvalue weighted by molar-refractivity contribution is 5.17. The molecule has 1 N–H and O–H groups in total. The van der Waals surface area contributed by atoms with E-state index in [1.807, 2.05) is 6.92 Å². The van der Waals surface area contributed by atoms with Crippen LogP contribution in [-0.2, 0) is 9.47 Å². The van der Waals surface area contributed by atoms with Crippen LogP contribution in [-0.4, -0.2) is 29.7 Å². The SMILES string of the molecule is C#CCC(C)(O)C#CC(C)OC1CCCCO1. The molecule has 0 aromatic heterocycles. The van der Waals surface area contributed by atoms with E-state index in [1.54, 1.807) is 6.92 Å². The molecule has 0 spiro atoms.